The molecule has 0 heterocycles. The maximum absolute atomic E-state index is 5.84. The summed E-state index contributed by atoms with van der Waals surface area (Å²) in [4.78, 5) is 2.24. The molecule has 1 N–H and O–H groups in total. The number of hydrogen-bond acceptors (Lipinski definition) is 3. The fraction of sp³-hybridized carbons (Fsp3) is 0.500. The van der Waals surface area contributed by atoms with Gasteiger partial charge in [0.2, 0.25) is 0 Å². The highest BCUT2D eigenvalue weighted by Gasteiger charge is 2.19. The Morgan fingerprint density at radius 1 is 1.09 bits per heavy atom. The molecule has 0 radical (unpaired) electrons. The van der Waals surface area contributed by atoms with E-state index in [1.54, 1.807) is 0 Å². The zero-order valence-electron chi connectivity index (χ0n) is 15.1. The molecule has 0 saturated heterocycles. The number of rotatable bonds is 8. The first-order valence-electron chi connectivity index (χ1n) is 8.42. The molecule has 0 saturated carbocycles. The second kappa shape index (κ2) is 7.80. The van der Waals surface area contributed by atoms with Gasteiger partial charge in [-0.25, -0.2) is 0 Å². The van der Waals surface area contributed by atoms with Crippen LogP contribution in [0.1, 0.15) is 26.3 Å². The number of benzene rings is 2. The topological polar surface area (TPSA) is 24.5 Å². The molecule has 0 aromatic heterocycles. The van der Waals surface area contributed by atoms with Crippen LogP contribution >= 0.6 is 0 Å². The third kappa shape index (κ3) is 4.95. The van der Waals surface area contributed by atoms with E-state index in [0.717, 1.165) is 25.4 Å². The van der Waals surface area contributed by atoms with E-state index in [2.05, 4.69) is 74.6 Å². The third-order valence-electron chi connectivity index (χ3n) is 3.95. The first-order chi connectivity index (χ1) is 10.9. The number of nitrogens with one attached hydrogen (secondary N) is 1. The van der Waals surface area contributed by atoms with Crippen molar-refractivity contribution in [3.05, 3.63) is 42.0 Å². The second-order valence-corrected chi connectivity index (χ2v) is 7.20. The molecule has 0 amide bonds. The van der Waals surface area contributed by atoms with Crippen LogP contribution in [-0.2, 0) is 6.54 Å². The van der Waals surface area contributed by atoms with Gasteiger partial charge in [-0.3, -0.25) is 0 Å². The van der Waals surface area contributed by atoms with Crippen LogP contribution in [0.2, 0.25) is 0 Å². The van der Waals surface area contributed by atoms with Crippen LogP contribution in [-0.4, -0.2) is 38.7 Å². The van der Waals surface area contributed by atoms with Crippen LogP contribution in [0.15, 0.2) is 36.4 Å². The lowest BCUT2D eigenvalue weighted by Crippen LogP contribution is -2.37. The largest absolute Gasteiger partial charge is 0.494 e. The van der Waals surface area contributed by atoms with Gasteiger partial charge in [0.15, 0.2) is 0 Å². The number of hydrogen-bond donors (Lipinski definition) is 1. The molecule has 23 heavy (non-hydrogen) atoms. The van der Waals surface area contributed by atoms with E-state index in [1.165, 1.54) is 16.3 Å². The van der Waals surface area contributed by atoms with Crippen molar-refractivity contribution in [2.75, 3.05) is 33.8 Å². The highest BCUT2D eigenvalue weighted by molar-refractivity contribution is 5.87. The summed E-state index contributed by atoms with van der Waals surface area (Å²) >= 11 is 0. The van der Waals surface area contributed by atoms with Crippen LogP contribution in [0.25, 0.3) is 10.8 Å². The van der Waals surface area contributed by atoms with E-state index in [1.807, 2.05) is 6.92 Å². The summed E-state index contributed by atoms with van der Waals surface area (Å²) in [6.07, 6.45) is 0. The maximum Gasteiger partial charge on any atom is 0.124 e. The van der Waals surface area contributed by atoms with Crippen LogP contribution in [0.3, 0.4) is 0 Å². The lowest BCUT2D eigenvalue weighted by Gasteiger charge is -2.28. The molecule has 3 nitrogen and oxygen atoms in total. The second-order valence-electron chi connectivity index (χ2n) is 7.20. The average molecular weight is 314 g/mol. The van der Waals surface area contributed by atoms with Crippen molar-refractivity contribution in [2.24, 2.45) is 5.41 Å². The summed E-state index contributed by atoms with van der Waals surface area (Å²) in [5, 5.41) is 6.17. The van der Waals surface area contributed by atoms with Crippen molar-refractivity contribution in [1.82, 2.24) is 10.2 Å². The van der Waals surface area contributed by atoms with Crippen LogP contribution < -0.4 is 10.1 Å². The molecule has 0 aliphatic rings. The maximum atomic E-state index is 5.84. The minimum atomic E-state index is 0.236. The van der Waals surface area contributed by atoms with Gasteiger partial charge in [-0.2, -0.15) is 0 Å². The molecular weight excluding hydrogens is 284 g/mol. The van der Waals surface area contributed by atoms with E-state index in [9.17, 15) is 0 Å². The summed E-state index contributed by atoms with van der Waals surface area (Å²) in [6, 6.07) is 12.7. The van der Waals surface area contributed by atoms with Crippen molar-refractivity contribution < 1.29 is 4.74 Å². The van der Waals surface area contributed by atoms with Gasteiger partial charge in [-0.05, 0) is 43.3 Å². The van der Waals surface area contributed by atoms with Crippen molar-refractivity contribution in [3.8, 4) is 5.75 Å². The Kier molecular flexibility index (Phi) is 6.03. The fourth-order valence-electron chi connectivity index (χ4n) is 3.23. The molecule has 0 unspecified atom stereocenters. The van der Waals surface area contributed by atoms with Gasteiger partial charge in [0.1, 0.15) is 5.75 Å². The molecule has 3 heteroatoms. The summed E-state index contributed by atoms with van der Waals surface area (Å²) in [5.41, 5.74) is 1.49. The Morgan fingerprint density at radius 3 is 2.52 bits per heavy atom. The number of nitrogens with zero attached hydrogens (tertiary/aromatic N) is 1. The monoisotopic (exact) mass is 314 g/mol. The Morgan fingerprint density at radius 2 is 1.83 bits per heavy atom. The molecule has 2 aromatic rings. The standard InChI is InChI=1S/C20H30N2O/c1-6-23-19-12-11-16-9-7-8-10-17(16)18(19)13-21-14-20(2,3)15-22(4)5/h7-12,21H,6,13-15H2,1-5H3. The van der Waals surface area contributed by atoms with Gasteiger partial charge in [-0.1, -0.05) is 44.2 Å². The predicted molar refractivity (Wildman–Crippen MR) is 99.2 cm³/mol. The van der Waals surface area contributed by atoms with Gasteiger partial charge in [-0.15, -0.1) is 0 Å². The van der Waals surface area contributed by atoms with Crippen LogP contribution in [0.5, 0.6) is 5.75 Å². The lowest BCUT2D eigenvalue weighted by molar-refractivity contribution is 0.232. The summed E-state index contributed by atoms with van der Waals surface area (Å²) in [7, 11) is 4.25. The van der Waals surface area contributed by atoms with E-state index in [0.29, 0.717) is 6.61 Å². The normalized spacial score (nSPS) is 12.1. The minimum absolute atomic E-state index is 0.236. The molecule has 0 bridgehead atoms. The van der Waals surface area contributed by atoms with Gasteiger partial charge < -0.3 is 15.0 Å². The summed E-state index contributed by atoms with van der Waals surface area (Å²) in [5.74, 6) is 0.990. The average Bonchev–Trinajstić information content (AvgIpc) is 2.48. The van der Waals surface area contributed by atoms with E-state index < -0.39 is 0 Å². The van der Waals surface area contributed by atoms with Gasteiger partial charge >= 0.3 is 0 Å². The van der Waals surface area contributed by atoms with Crippen molar-refractivity contribution in [3.63, 3.8) is 0 Å². The molecular formula is C20H30N2O. The summed E-state index contributed by atoms with van der Waals surface area (Å²) in [6.45, 7) is 10.2. The number of fused-ring (bicyclic) bond motifs is 1. The summed E-state index contributed by atoms with van der Waals surface area (Å²) < 4.78 is 5.84. The highest BCUT2D eigenvalue weighted by atomic mass is 16.5. The molecule has 0 aliphatic carbocycles. The van der Waals surface area contributed by atoms with Gasteiger partial charge in [0.05, 0.1) is 6.61 Å². The molecule has 126 valence electrons. The Hall–Kier alpha value is -1.58. The quantitative estimate of drug-likeness (QED) is 0.799. The van der Waals surface area contributed by atoms with Gasteiger partial charge in [0, 0.05) is 25.2 Å². The Bertz CT molecular complexity index is 635. The zero-order valence-corrected chi connectivity index (χ0v) is 15.1. The lowest BCUT2D eigenvalue weighted by atomic mass is 9.92. The van der Waals surface area contributed by atoms with Crippen molar-refractivity contribution >= 4 is 10.8 Å². The SMILES string of the molecule is CCOc1ccc2ccccc2c1CNCC(C)(C)CN(C)C. The molecule has 0 aliphatic heterocycles. The Labute approximate surface area is 140 Å². The Balaban J connectivity index is 2.16. The van der Waals surface area contributed by atoms with Gasteiger partial charge in [0.25, 0.3) is 0 Å². The van der Waals surface area contributed by atoms with E-state index in [-0.39, 0.29) is 5.41 Å². The molecule has 2 rings (SSSR count). The zero-order chi connectivity index (χ0) is 16.9. The first kappa shape index (κ1) is 17.8. The third-order valence-corrected chi connectivity index (χ3v) is 3.95. The van der Waals surface area contributed by atoms with Crippen molar-refractivity contribution in [1.29, 1.82) is 0 Å². The highest BCUT2D eigenvalue weighted by Crippen LogP contribution is 2.28. The molecule has 0 fully saturated rings. The minimum Gasteiger partial charge on any atom is -0.494 e. The number of ether oxygens (including phenoxy) is 1. The molecule has 2 aromatic carbocycles. The van der Waals surface area contributed by atoms with E-state index in [4.69, 9.17) is 4.74 Å². The smallest absolute Gasteiger partial charge is 0.124 e. The molecule has 0 spiro atoms. The molecule has 0 atom stereocenters. The van der Waals surface area contributed by atoms with Crippen LogP contribution in [0, 0.1) is 5.41 Å². The van der Waals surface area contributed by atoms with Crippen molar-refractivity contribution in [2.45, 2.75) is 27.3 Å². The first-order valence-corrected chi connectivity index (χ1v) is 8.42. The van der Waals surface area contributed by atoms with E-state index >= 15 is 0 Å². The predicted octanol–water partition coefficient (Wildman–Crippen LogP) is 3.92. The van der Waals surface area contributed by atoms with Crippen LogP contribution in [0.4, 0.5) is 0 Å². The fourth-order valence-corrected chi connectivity index (χ4v) is 3.23.